The van der Waals surface area contributed by atoms with Gasteiger partial charge in [0, 0.05) is 48.1 Å². The molecular weight excluding hydrogens is 354 g/mol. The summed E-state index contributed by atoms with van der Waals surface area (Å²) in [6, 6.07) is 10.1. The fourth-order valence-electron chi connectivity index (χ4n) is 2.76. The van der Waals surface area contributed by atoms with Crippen molar-refractivity contribution in [3.8, 4) is 0 Å². The first-order chi connectivity index (χ1) is 11.1. The standard InChI is InChI=1S/C17H22BrN5/c1-3-22-7-9-23(10-8-22)16-11-13(2)19-17(21-16)20-15-6-4-5-14(18)12-15/h4-6,11-12H,3,7-10H2,1-2H3,(H,19,20,21). The van der Waals surface area contributed by atoms with Crippen molar-refractivity contribution in [1.29, 1.82) is 0 Å². The minimum absolute atomic E-state index is 0.649. The van der Waals surface area contributed by atoms with Crippen LogP contribution in [0.4, 0.5) is 17.5 Å². The molecule has 1 N–H and O–H groups in total. The lowest BCUT2D eigenvalue weighted by molar-refractivity contribution is 0.270. The minimum atomic E-state index is 0.649. The highest BCUT2D eigenvalue weighted by Crippen LogP contribution is 2.21. The summed E-state index contributed by atoms with van der Waals surface area (Å²) in [5, 5.41) is 3.30. The predicted octanol–water partition coefficient (Wildman–Crippen LogP) is 3.43. The Hall–Kier alpha value is -1.66. The molecule has 0 unspecified atom stereocenters. The van der Waals surface area contributed by atoms with Crippen LogP contribution in [-0.2, 0) is 0 Å². The number of hydrogen-bond acceptors (Lipinski definition) is 5. The maximum atomic E-state index is 4.70. The maximum Gasteiger partial charge on any atom is 0.229 e. The monoisotopic (exact) mass is 375 g/mol. The van der Waals surface area contributed by atoms with Crippen LogP contribution in [0.15, 0.2) is 34.8 Å². The van der Waals surface area contributed by atoms with Gasteiger partial charge in [0.15, 0.2) is 0 Å². The number of rotatable bonds is 4. The molecule has 2 aromatic rings. The summed E-state index contributed by atoms with van der Waals surface area (Å²) in [5.74, 6) is 1.65. The van der Waals surface area contributed by atoms with Crippen LogP contribution in [0.2, 0.25) is 0 Å². The van der Waals surface area contributed by atoms with E-state index in [-0.39, 0.29) is 0 Å². The molecule has 0 spiro atoms. The zero-order valence-electron chi connectivity index (χ0n) is 13.6. The van der Waals surface area contributed by atoms with Gasteiger partial charge in [0.25, 0.3) is 0 Å². The topological polar surface area (TPSA) is 44.3 Å². The average Bonchev–Trinajstić information content (AvgIpc) is 2.54. The first-order valence-electron chi connectivity index (χ1n) is 7.99. The number of hydrogen-bond donors (Lipinski definition) is 1. The molecule has 6 heteroatoms. The molecule has 1 fully saturated rings. The molecule has 0 radical (unpaired) electrons. The Labute approximate surface area is 145 Å². The summed E-state index contributed by atoms with van der Waals surface area (Å²) in [4.78, 5) is 14.0. The van der Waals surface area contributed by atoms with Gasteiger partial charge in [0.2, 0.25) is 5.95 Å². The van der Waals surface area contributed by atoms with Crippen molar-refractivity contribution < 1.29 is 0 Å². The van der Waals surface area contributed by atoms with Gasteiger partial charge in [-0.15, -0.1) is 0 Å². The second-order valence-corrected chi connectivity index (χ2v) is 6.66. The van der Waals surface area contributed by atoms with Crippen molar-refractivity contribution in [2.45, 2.75) is 13.8 Å². The Morgan fingerprint density at radius 2 is 1.91 bits per heavy atom. The van der Waals surface area contributed by atoms with Crippen LogP contribution in [0.3, 0.4) is 0 Å². The smallest absolute Gasteiger partial charge is 0.229 e. The fraction of sp³-hybridized carbons (Fsp3) is 0.412. The van der Waals surface area contributed by atoms with Gasteiger partial charge in [-0.1, -0.05) is 28.9 Å². The van der Waals surface area contributed by atoms with Crippen LogP contribution < -0.4 is 10.2 Å². The highest BCUT2D eigenvalue weighted by Gasteiger charge is 2.17. The predicted molar refractivity (Wildman–Crippen MR) is 98.5 cm³/mol. The van der Waals surface area contributed by atoms with Crippen molar-refractivity contribution in [1.82, 2.24) is 14.9 Å². The first kappa shape index (κ1) is 16.2. The summed E-state index contributed by atoms with van der Waals surface area (Å²) < 4.78 is 1.03. The van der Waals surface area contributed by atoms with E-state index in [1.807, 2.05) is 31.2 Å². The van der Waals surface area contributed by atoms with Gasteiger partial charge in [0.05, 0.1) is 0 Å². The zero-order chi connectivity index (χ0) is 16.2. The largest absolute Gasteiger partial charge is 0.354 e. The molecule has 0 aliphatic carbocycles. The third kappa shape index (κ3) is 4.20. The molecule has 1 aliphatic heterocycles. The van der Waals surface area contributed by atoms with Crippen LogP contribution in [0.5, 0.6) is 0 Å². The molecule has 1 aliphatic rings. The SMILES string of the molecule is CCN1CCN(c2cc(C)nc(Nc3cccc(Br)c3)n2)CC1. The summed E-state index contributed by atoms with van der Waals surface area (Å²) >= 11 is 3.49. The first-order valence-corrected chi connectivity index (χ1v) is 8.79. The number of piperazine rings is 1. The number of nitrogens with zero attached hydrogens (tertiary/aromatic N) is 4. The molecule has 1 saturated heterocycles. The Kier molecular flexibility index (Phi) is 5.13. The Morgan fingerprint density at radius 3 is 2.61 bits per heavy atom. The second-order valence-electron chi connectivity index (χ2n) is 5.75. The second kappa shape index (κ2) is 7.27. The maximum absolute atomic E-state index is 4.70. The van der Waals surface area contributed by atoms with Crippen LogP contribution in [0, 0.1) is 6.92 Å². The molecule has 5 nitrogen and oxygen atoms in total. The summed E-state index contributed by atoms with van der Waals surface area (Å²) in [6.45, 7) is 9.56. The quantitative estimate of drug-likeness (QED) is 0.886. The van der Waals surface area contributed by atoms with Gasteiger partial charge in [-0.2, -0.15) is 4.98 Å². The van der Waals surface area contributed by atoms with Gasteiger partial charge in [-0.25, -0.2) is 4.98 Å². The Bertz CT molecular complexity index is 668. The third-order valence-electron chi connectivity index (χ3n) is 4.06. The van der Waals surface area contributed by atoms with E-state index in [2.05, 4.69) is 49.0 Å². The molecular formula is C17H22BrN5. The number of anilines is 3. The van der Waals surface area contributed by atoms with E-state index in [1.54, 1.807) is 0 Å². The van der Waals surface area contributed by atoms with E-state index in [9.17, 15) is 0 Å². The number of halogens is 1. The number of likely N-dealkylation sites (N-methyl/N-ethyl adjacent to an activating group) is 1. The molecule has 122 valence electrons. The molecule has 23 heavy (non-hydrogen) atoms. The Balaban J connectivity index is 1.77. The van der Waals surface area contributed by atoms with Crippen molar-refractivity contribution >= 4 is 33.4 Å². The molecule has 3 rings (SSSR count). The molecule has 1 aromatic carbocycles. The fourth-order valence-corrected chi connectivity index (χ4v) is 3.16. The lowest BCUT2D eigenvalue weighted by atomic mass is 10.3. The summed E-state index contributed by atoms with van der Waals surface area (Å²) in [7, 11) is 0. The molecule has 0 atom stereocenters. The van der Waals surface area contributed by atoms with E-state index in [1.165, 1.54) is 0 Å². The van der Waals surface area contributed by atoms with E-state index in [0.29, 0.717) is 5.95 Å². The minimum Gasteiger partial charge on any atom is -0.354 e. The van der Waals surface area contributed by atoms with Gasteiger partial charge in [0.1, 0.15) is 5.82 Å². The van der Waals surface area contributed by atoms with E-state index in [0.717, 1.165) is 54.4 Å². The van der Waals surface area contributed by atoms with Crippen molar-refractivity contribution in [3.05, 3.63) is 40.5 Å². The highest BCUT2D eigenvalue weighted by atomic mass is 79.9. The highest BCUT2D eigenvalue weighted by molar-refractivity contribution is 9.10. The number of nitrogens with one attached hydrogen (secondary N) is 1. The zero-order valence-corrected chi connectivity index (χ0v) is 15.2. The molecule has 0 bridgehead atoms. The molecule has 2 heterocycles. The van der Waals surface area contributed by atoms with Crippen molar-refractivity contribution in [3.63, 3.8) is 0 Å². The normalized spacial score (nSPS) is 15.7. The number of aryl methyl sites for hydroxylation is 1. The van der Waals surface area contributed by atoms with Crippen molar-refractivity contribution in [2.75, 3.05) is 42.9 Å². The Morgan fingerprint density at radius 1 is 1.13 bits per heavy atom. The molecule has 0 saturated carbocycles. The molecule has 0 amide bonds. The van der Waals surface area contributed by atoms with E-state index in [4.69, 9.17) is 4.98 Å². The number of benzene rings is 1. The van der Waals surface area contributed by atoms with Gasteiger partial charge in [-0.3, -0.25) is 0 Å². The average molecular weight is 376 g/mol. The number of aromatic nitrogens is 2. The van der Waals surface area contributed by atoms with E-state index < -0.39 is 0 Å². The summed E-state index contributed by atoms with van der Waals surface area (Å²) in [6.07, 6.45) is 0. The third-order valence-corrected chi connectivity index (χ3v) is 4.56. The summed E-state index contributed by atoms with van der Waals surface area (Å²) in [5.41, 5.74) is 1.96. The molecule has 1 aromatic heterocycles. The van der Waals surface area contributed by atoms with E-state index >= 15 is 0 Å². The van der Waals surface area contributed by atoms with Gasteiger partial charge >= 0.3 is 0 Å². The van der Waals surface area contributed by atoms with Gasteiger partial charge in [-0.05, 0) is 31.7 Å². The van der Waals surface area contributed by atoms with Gasteiger partial charge < -0.3 is 15.1 Å². The lowest BCUT2D eigenvalue weighted by Gasteiger charge is -2.34. The van der Waals surface area contributed by atoms with Crippen LogP contribution in [0.25, 0.3) is 0 Å². The van der Waals surface area contributed by atoms with Crippen LogP contribution in [-0.4, -0.2) is 47.6 Å². The van der Waals surface area contributed by atoms with Crippen LogP contribution in [0.1, 0.15) is 12.6 Å². The lowest BCUT2D eigenvalue weighted by Crippen LogP contribution is -2.46. The van der Waals surface area contributed by atoms with Crippen molar-refractivity contribution in [2.24, 2.45) is 0 Å². The van der Waals surface area contributed by atoms with Crippen LogP contribution >= 0.6 is 15.9 Å².